The van der Waals surface area contributed by atoms with Gasteiger partial charge in [0.25, 0.3) is 0 Å². The van der Waals surface area contributed by atoms with Crippen LogP contribution >= 0.6 is 11.3 Å². The van der Waals surface area contributed by atoms with Gasteiger partial charge in [0, 0.05) is 15.8 Å². The van der Waals surface area contributed by atoms with Crippen molar-refractivity contribution in [2.75, 3.05) is 6.54 Å². The molecule has 0 saturated heterocycles. The molecular weight excluding hydrogens is 196 g/mol. The summed E-state index contributed by atoms with van der Waals surface area (Å²) in [6, 6.07) is 2.34. The molecule has 14 heavy (non-hydrogen) atoms. The van der Waals surface area contributed by atoms with E-state index < -0.39 is 0 Å². The van der Waals surface area contributed by atoms with E-state index in [1.807, 2.05) is 6.92 Å². The highest BCUT2D eigenvalue weighted by Gasteiger charge is 2.10. The molecule has 1 unspecified atom stereocenters. The summed E-state index contributed by atoms with van der Waals surface area (Å²) in [6.07, 6.45) is 0. The molecule has 0 aliphatic rings. The lowest BCUT2D eigenvalue weighted by Crippen LogP contribution is -2.30. The van der Waals surface area contributed by atoms with Crippen molar-refractivity contribution in [2.24, 2.45) is 5.73 Å². The lowest BCUT2D eigenvalue weighted by molar-refractivity contribution is -0.117. The van der Waals surface area contributed by atoms with E-state index >= 15 is 0 Å². The van der Waals surface area contributed by atoms with E-state index in [1.54, 1.807) is 11.3 Å². The highest BCUT2D eigenvalue weighted by atomic mass is 32.1. The van der Waals surface area contributed by atoms with E-state index in [9.17, 15) is 4.79 Å². The smallest absolute Gasteiger partial charge is 0.231 e. The number of aryl methyl sites for hydroxylation is 2. The quantitative estimate of drug-likeness (QED) is 0.794. The van der Waals surface area contributed by atoms with Crippen LogP contribution in [0, 0.1) is 13.8 Å². The van der Waals surface area contributed by atoms with Crippen molar-refractivity contribution in [1.29, 1.82) is 0 Å². The highest BCUT2D eigenvalue weighted by molar-refractivity contribution is 7.12. The third kappa shape index (κ3) is 2.82. The Morgan fingerprint density at radius 2 is 2.29 bits per heavy atom. The zero-order valence-electron chi connectivity index (χ0n) is 8.76. The van der Waals surface area contributed by atoms with Gasteiger partial charge in [-0.2, -0.15) is 0 Å². The minimum absolute atomic E-state index is 0.187. The Balaban J connectivity index is 2.64. The topological polar surface area (TPSA) is 55.1 Å². The minimum atomic E-state index is -0.318. The van der Waals surface area contributed by atoms with Crippen molar-refractivity contribution in [3.8, 4) is 0 Å². The first-order valence-corrected chi connectivity index (χ1v) is 5.41. The first-order valence-electron chi connectivity index (χ1n) is 4.59. The van der Waals surface area contributed by atoms with Crippen LogP contribution < -0.4 is 11.1 Å². The van der Waals surface area contributed by atoms with Gasteiger partial charge in [-0.1, -0.05) is 0 Å². The summed E-state index contributed by atoms with van der Waals surface area (Å²) in [4.78, 5) is 13.2. The number of nitrogens with one attached hydrogen (secondary N) is 1. The number of thiophene rings is 1. The summed E-state index contributed by atoms with van der Waals surface area (Å²) in [7, 11) is 0. The van der Waals surface area contributed by atoms with Crippen molar-refractivity contribution < 1.29 is 4.79 Å². The second-order valence-electron chi connectivity index (χ2n) is 3.44. The average molecular weight is 212 g/mol. The Labute approximate surface area is 88.3 Å². The van der Waals surface area contributed by atoms with Crippen molar-refractivity contribution in [3.05, 3.63) is 21.4 Å². The zero-order chi connectivity index (χ0) is 10.7. The normalized spacial score (nSPS) is 12.8. The van der Waals surface area contributed by atoms with E-state index in [1.165, 1.54) is 15.3 Å². The Morgan fingerprint density at radius 1 is 1.64 bits per heavy atom. The molecule has 1 atom stereocenters. The molecule has 3 nitrogen and oxygen atoms in total. The Hall–Kier alpha value is -0.870. The molecule has 0 aromatic carbocycles. The SMILES string of the molecule is Cc1cc(C(C)NCC(N)=O)c(C)s1. The van der Waals surface area contributed by atoms with Crippen molar-refractivity contribution in [1.82, 2.24) is 5.32 Å². The average Bonchev–Trinajstić information content (AvgIpc) is 2.41. The number of primary amides is 1. The molecule has 0 fully saturated rings. The van der Waals surface area contributed by atoms with Crippen LogP contribution in [0.1, 0.15) is 28.3 Å². The van der Waals surface area contributed by atoms with Crippen LogP contribution in [0.3, 0.4) is 0 Å². The fourth-order valence-corrected chi connectivity index (χ4v) is 2.47. The third-order valence-electron chi connectivity index (χ3n) is 2.13. The van der Waals surface area contributed by atoms with Gasteiger partial charge >= 0.3 is 0 Å². The lowest BCUT2D eigenvalue weighted by atomic mass is 10.1. The molecular formula is C10H16N2OS. The largest absolute Gasteiger partial charge is 0.369 e. The fourth-order valence-electron chi connectivity index (χ4n) is 1.44. The number of hydrogen-bond donors (Lipinski definition) is 2. The number of rotatable bonds is 4. The van der Waals surface area contributed by atoms with Gasteiger partial charge < -0.3 is 11.1 Å². The van der Waals surface area contributed by atoms with Crippen LogP contribution in [0.5, 0.6) is 0 Å². The Kier molecular flexibility index (Phi) is 3.66. The van der Waals surface area contributed by atoms with E-state index in [4.69, 9.17) is 5.73 Å². The molecule has 4 heteroatoms. The third-order valence-corrected chi connectivity index (χ3v) is 3.11. The van der Waals surface area contributed by atoms with Crippen molar-refractivity contribution in [2.45, 2.75) is 26.8 Å². The van der Waals surface area contributed by atoms with Crippen LogP contribution in [-0.4, -0.2) is 12.5 Å². The predicted octanol–water partition coefficient (Wildman–Crippen LogP) is 1.50. The van der Waals surface area contributed by atoms with Crippen LogP contribution in [0.2, 0.25) is 0 Å². The van der Waals surface area contributed by atoms with Gasteiger partial charge in [-0.05, 0) is 32.4 Å². The van der Waals surface area contributed by atoms with Gasteiger partial charge in [0.2, 0.25) is 5.91 Å². The summed E-state index contributed by atoms with van der Waals surface area (Å²) in [5, 5.41) is 3.08. The molecule has 1 aromatic heterocycles. The van der Waals surface area contributed by atoms with Gasteiger partial charge in [-0.25, -0.2) is 0 Å². The van der Waals surface area contributed by atoms with E-state index in [-0.39, 0.29) is 18.5 Å². The molecule has 0 aliphatic carbocycles. The highest BCUT2D eigenvalue weighted by Crippen LogP contribution is 2.25. The fraction of sp³-hybridized carbons (Fsp3) is 0.500. The lowest BCUT2D eigenvalue weighted by Gasteiger charge is -2.11. The predicted molar refractivity (Wildman–Crippen MR) is 59.4 cm³/mol. The molecule has 0 aliphatic heterocycles. The Bertz CT molecular complexity index is 333. The molecule has 0 spiro atoms. The number of hydrogen-bond acceptors (Lipinski definition) is 3. The Morgan fingerprint density at radius 3 is 2.71 bits per heavy atom. The molecule has 1 amide bonds. The summed E-state index contributed by atoms with van der Waals surface area (Å²) in [5.41, 5.74) is 6.32. The maximum Gasteiger partial charge on any atom is 0.231 e. The molecule has 1 heterocycles. The van der Waals surface area contributed by atoms with E-state index in [2.05, 4.69) is 25.2 Å². The summed E-state index contributed by atoms with van der Waals surface area (Å²) >= 11 is 1.78. The van der Waals surface area contributed by atoms with Crippen LogP contribution in [0.4, 0.5) is 0 Å². The molecule has 1 rings (SSSR count). The molecule has 0 saturated carbocycles. The minimum Gasteiger partial charge on any atom is -0.369 e. The van der Waals surface area contributed by atoms with Gasteiger partial charge in [0.1, 0.15) is 0 Å². The summed E-state index contributed by atoms with van der Waals surface area (Å²) in [5.74, 6) is -0.318. The van der Waals surface area contributed by atoms with Gasteiger partial charge in [0.15, 0.2) is 0 Å². The number of amides is 1. The summed E-state index contributed by atoms with van der Waals surface area (Å²) in [6.45, 7) is 6.45. The van der Waals surface area contributed by atoms with E-state index in [0.717, 1.165) is 0 Å². The zero-order valence-corrected chi connectivity index (χ0v) is 9.57. The molecule has 0 bridgehead atoms. The first kappa shape index (κ1) is 11.2. The van der Waals surface area contributed by atoms with Crippen LogP contribution in [0.25, 0.3) is 0 Å². The van der Waals surface area contributed by atoms with Crippen LogP contribution in [-0.2, 0) is 4.79 Å². The molecule has 78 valence electrons. The van der Waals surface area contributed by atoms with E-state index in [0.29, 0.717) is 0 Å². The first-order chi connectivity index (χ1) is 6.50. The second-order valence-corrected chi connectivity index (χ2v) is 4.90. The van der Waals surface area contributed by atoms with Gasteiger partial charge in [-0.3, -0.25) is 4.79 Å². The van der Waals surface area contributed by atoms with Crippen molar-refractivity contribution in [3.63, 3.8) is 0 Å². The number of carbonyl (C=O) groups is 1. The monoisotopic (exact) mass is 212 g/mol. The van der Waals surface area contributed by atoms with Gasteiger partial charge in [-0.15, -0.1) is 11.3 Å². The van der Waals surface area contributed by atoms with Gasteiger partial charge in [0.05, 0.1) is 6.54 Å². The van der Waals surface area contributed by atoms with Crippen LogP contribution in [0.15, 0.2) is 6.07 Å². The maximum absolute atomic E-state index is 10.6. The number of carbonyl (C=O) groups excluding carboxylic acids is 1. The molecule has 1 aromatic rings. The van der Waals surface area contributed by atoms with Crippen molar-refractivity contribution >= 4 is 17.2 Å². The standard InChI is InChI=1S/C10H16N2OS/c1-6-4-9(8(3)14-6)7(2)12-5-10(11)13/h4,7,12H,5H2,1-3H3,(H2,11,13). The number of nitrogens with two attached hydrogens (primary N) is 1. The molecule has 0 radical (unpaired) electrons. The molecule has 3 N–H and O–H groups in total. The maximum atomic E-state index is 10.6. The summed E-state index contributed by atoms with van der Waals surface area (Å²) < 4.78 is 0. The second kappa shape index (κ2) is 4.57.